The number of carbonyl (C=O) groups excluding carboxylic acids is 1. The molecule has 0 radical (unpaired) electrons. The minimum absolute atomic E-state index is 0.161. The summed E-state index contributed by atoms with van der Waals surface area (Å²) in [5, 5.41) is 3.53. The molecule has 1 fully saturated rings. The molecule has 0 saturated carbocycles. The Morgan fingerprint density at radius 2 is 2.30 bits per heavy atom. The predicted octanol–water partition coefficient (Wildman–Crippen LogP) is 1.41. The number of aromatic nitrogens is 2. The number of imidazole rings is 1. The van der Waals surface area contributed by atoms with Gasteiger partial charge in [-0.15, -0.1) is 0 Å². The minimum atomic E-state index is -0.493. The first-order valence-corrected chi connectivity index (χ1v) is 8.17. The molecule has 2 unspecified atom stereocenters. The zero-order valence-corrected chi connectivity index (χ0v) is 14.3. The lowest BCUT2D eigenvalue weighted by molar-refractivity contribution is -0.0793. The van der Waals surface area contributed by atoms with Crippen LogP contribution in [0.3, 0.4) is 0 Å². The maximum Gasteiger partial charge on any atom is 0.410 e. The average Bonchev–Trinajstić information content (AvgIpc) is 2.96. The van der Waals surface area contributed by atoms with Crippen molar-refractivity contribution in [2.24, 2.45) is 0 Å². The second-order valence-electron chi connectivity index (χ2n) is 7.39. The lowest BCUT2D eigenvalue weighted by Gasteiger charge is -2.44. The van der Waals surface area contributed by atoms with Crippen molar-refractivity contribution in [3.05, 3.63) is 17.7 Å². The van der Waals surface area contributed by atoms with E-state index in [0.29, 0.717) is 19.7 Å². The van der Waals surface area contributed by atoms with Gasteiger partial charge in [0.25, 0.3) is 0 Å². The van der Waals surface area contributed by atoms with Crippen LogP contribution in [0.15, 0.2) is 6.33 Å². The van der Waals surface area contributed by atoms with Gasteiger partial charge in [0.05, 0.1) is 36.8 Å². The molecule has 2 aliphatic rings. The van der Waals surface area contributed by atoms with Crippen molar-refractivity contribution < 1.29 is 14.3 Å². The molecular formula is C16H26N4O3. The molecule has 7 nitrogen and oxygen atoms in total. The van der Waals surface area contributed by atoms with Crippen molar-refractivity contribution >= 4 is 6.09 Å². The van der Waals surface area contributed by atoms with Crippen LogP contribution < -0.4 is 5.32 Å². The fourth-order valence-electron chi connectivity index (χ4n) is 3.25. The van der Waals surface area contributed by atoms with E-state index >= 15 is 0 Å². The highest BCUT2D eigenvalue weighted by molar-refractivity contribution is 5.68. The highest BCUT2D eigenvalue weighted by Crippen LogP contribution is 2.32. The minimum Gasteiger partial charge on any atom is -0.444 e. The molecule has 2 N–H and O–H groups in total. The van der Waals surface area contributed by atoms with E-state index in [4.69, 9.17) is 9.47 Å². The monoisotopic (exact) mass is 322 g/mol. The molecule has 2 atom stereocenters. The Bertz CT molecular complexity index is 580. The molecule has 128 valence electrons. The smallest absolute Gasteiger partial charge is 0.410 e. The third kappa shape index (κ3) is 3.21. The van der Waals surface area contributed by atoms with Gasteiger partial charge in [0.2, 0.25) is 0 Å². The summed E-state index contributed by atoms with van der Waals surface area (Å²) in [6.45, 7) is 10.1. The number of morpholine rings is 1. The van der Waals surface area contributed by atoms with Gasteiger partial charge in [-0.1, -0.05) is 0 Å². The topological polar surface area (TPSA) is 79.5 Å². The van der Waals surface area contributed by atoms with Gasteiger partial charge in [0.15, 0.2) is 0 Å². The van der Waals surface area contributed by atoms with Crippen LogP contribution >= 0.6 is 0 Å². The first-order valence-electron chi connectivity index (χ1n) is 8.17. The normalized spacial score (nSPS) is 28.3. The SMILES string of the molecule is CC(C)(C)OC(=O)N1CCOC(C2(C)NCCc3[nH]cnc32)C1. The molecule has 3 rings (SSSR count). The van der Waals surface area contributed by atoms with Crippen LogP contribution in [0.5, 0.6) is 0 Å². The number of amides is 1. The molecule has 2 aliphatic heterocycles. The van der Waals surface area contributed by atoms with Gasteiger partial charge < -0.3 is 24.7 Å². The summed E-state index contributed by atoms with van der Waals surface area (Å²) < 4.78 is 11.5. The van der Waals surface area contributed by atoms with Gasteiger partial charge in [0.1, 0.15) is 5.60 Å². The summed E-state index contributed by atoms with van der Waals surface area (Å²) in [5.41, 5.74) is 1.23. The third-order valence-corrected chi connectivity index (χ3v) is 4.44. The molecule has 0 aliphatic carbocycles. The number of nitrogens with zero attached hydrogens (tertiary/aromatic N) is 2. The Morgan fingerprint density at radius 3 is 3.04 bits per heavy atom. The Morgan fingerprint density at radius 1 is 1.52 bits per heavy atom. The van der Waals surface area contributed by atoms with E-state index in [2.05, 4.69) is 22.2 Å². The van der Waals surface area contributed by atoms with Crippen molar-refractivity contribution in [3.8, 4) is 0 Å². The highest BCUT2D eigenvalue weighted by Gasteiger charge is 2.45. The number of aromatic amines is 1. The van der Waals surface area contributed by atoms with Crippen LogP contribution in [0.2, 0.25) is 0 Å². The largest absolute Gasteiger partial charge is 0.444 e. The van der Waals surface area contributed by atoms with Crippen LogP contribution in [0, 0.1) is 0 Å². The molecule has 1 aromatic rings. The third-order valence-electron chi connectivity index (χ3n) is 4.44. The zero-order chi connectivity index (χ0) is 16.7. The first-order chi connectivity index (χ1) is 10.8. The lowest BCUT2D eigenvalue weighted by Crippen LogP contribution is -2.61. The number of H-pyrrole nitrogens is 1. The molecule has 23 heavy (non-hydrogen) atoms. The Labute approximate surface area is 136 Å². The standard InChI is InChI=1S/C16H26N4O3/c1-15(2,3)23-14(21)20-7-8-22-12(9-20)16(4)13-11(5-6-19-16)17-10-18-13/h10,12,19H,5-9H2,1-4H3,(H,17,18). The van der Waals surface area contributed by atoms with E-state index in [-0.39, 0.29) is 12.2 Å². The number of nitrogens with one attached hydrogen (secondary N) is 2. The van der Waals surface area contributed by atoms with E-state index in [9.17, 15) is 4.79 Å². The number of hydrogen-bond donors (Lipinski definition) is 2. The van der Waals surface area contributed by atoms with Gasteiger partial charge in [-0.2, -0.15) is 0 Å². The van der Waals surface area contributed by atoms with Crippen molar-refractivity contribution in [1.29, 1.82) is 0 Å². The summed E-state index contributed by atoms with van der Waals surface area (Å²) in [6.07, 6.45) is 2.20. The second-order valence-corrected chi connectivity index (χ2v) is 7.39. The molecule has 1 amide bonds. The van der Waals surface area contributed by atoms with Crippen LogP contribution in [0.25, 0.3) is 0 Å². The lowest BCUT2D eigenvalue weighted by atomic mass is 9.85. The maximum atomic E-state index is 12.3. The van der Waals surface area contributed by atoms with Crippen molar-refractivity contribution in [3.63, 3.8) is 0 Å². The Balaban J connectivity index is 1.76. The summed E-state index contributed by atoms with van der Waals surface area (Å²) >= 11 is 0. The molecule has 0 spiro atoms. The number of hydrogen-bond acceptors (Lipinski definition) is 5. The molecule has 1 saturated heterocycles. The fraction of sp³-hybridized carbons (Fsp3) is 0.750. The molecule has 3 heterocycles. The summed E-state index contributed by atoms with van der Waals surface area (Å²) in [4.78, 5) is 21.8. The van der Waals surface area contributed by atoms with Crippen molar-refractivity contribution in [2.45, 2.75) is 51.4 Å². The van der Waals surface area contributed by atoms with Crippen molar-refractivity contribution in [2.75, 3.05) is 26.2 Å². The quantitative estimate of drug-likeness (QED) is 0.817. The van der Waals surface area contributed by atoms with E-state index in [1.54, 1.807) is 11.2 Å². The van der Waals surface area contributed by atoms with Crippen LogP contribution in [0.1, 0.15) is 39.1 Å². The average molecular weight is 322 g/mol. The molecule has 0 bridgehead atoms. The summed E-state index contributed by atoms with van der Waals surface area (Å²) in [6, 6.07) is 0. The van der Waals surface area contributed by atoms with Crippen LogP contribution in [-0.2, 0) is 21.4 Å². The van der Waals surface area contributed by atoms with E-state index in [1.165, 1.54) is 0 Å². The Kier molecular flexibility index (Phi) is 4.10. The van der Waals surface area contributed by atoms with E-state index in [0.717, 1.165) is 24.4 Å². The Hall–Kier alpha value is -1.60. The molecule has 7 heteroatoms. The van der Waals surface area contributed by atoms with Gasteiger partial charge >= 0.3 is 6.09 Å². The van der Waals surface area contributed by atoms with Gasteiger partial charge in [-0.25, -0.2) is 9.78 Å². The van der Waals surface area contributed by atoms with Gasteiger partial charge in [-0.05, 0) is 27.7 Å². The highest BCUT2D eigenvalue weighted by atomic mass is 16.6. The predicted molar refractivity (Wildman–Crippen MR) is 85.2 cm³/mol. The molecule has 0 aromatic carbocycles. The number of ether oxygens (including phenoxy) is 2. The number of carbonyl (C=O) groups is 1. The zero-order valence-electron chi connectivity index (χ0n) is 14.3. The van der Waals surface area contributed by atoms with E-state index in [1.807, 2.05) is 20.8 Å². The first kappa shape index (κ1) is 16.3. The van der Waals surface area contributed by atoms with Crippen molar-refractivity contribution in [1.82, 2.24) is 20.2 Å². The fourth-order valence-corrected chi connectivity index (χ4v) is 3.25. The number of rotatable bonds is 1. The van der Waals surface area contributed by atoms with Crippen LogP contribution in [0.4, 0.5) is 4.79 Å². The van der Waals surface area contributed by atoms with Gasteiger partial charge in [-0.3, -0.25) is 0 Å². The van der Waals surface area contributed by atoms with Crippen LogP contribution in [-0.4, -0.2) is 58.9 Å². The summed E-state index contributed by atoms with van der Waals surface area (Å²) in [7, 11) is 0. The van der Waals surface area contributed by atoms with E-state index < -0.39 is 11.1 Å². The van der Waals surface area contributed by atoms with Gasteiger partial charge in [0, 0.05) is 25.2 Å². The number of fused-ring (bicyclic) bond motifs is 1. The second kappa shape index (κ2) is 5.79. The molecule has 1 aromatic heterocycles. The summed E-state index contributed by atoms with van der Waals surface area (Å²) in [5.74, 6) is 0. The molecular weight excluding hydrogens is 296 g/mol. The maximum absolute atomic E-state index is 12.3.